The molecule has 2 N–H and O–H groups in total. The second-order valence-corrected chi connectivity index (χ2v) is 8.03. The summed E-state index contributed by atoms with van der Waals surface area (Å²) >= 11 is 0. The minimum Gasteiger partial charge on any atom is -0.357 e. The molecular weight excluding hydrogens is 452 g/mol. The fourth-order valence-electron chi connectivity index (χ4n) is 3.62. The van der Waals surface area contributed by atoms with Crippen LogP contribution >= 0.6 is 0 Å². The summed E-state index contributed by atoms with van der Waals surface area (Å²) in [6.07, 6.45) is -0.332. The molecule has 0 spiro atoms. The van der Waals surface area contributed by atoms with Crippen LogP contribution in [0, 0.1) is 19.7 Å². The SMILES string of the molecule is CC(F)(F)F.CNc1ncc2cc(-c3cc(NC(=O)N4CCCC4)c(F)cc3C)c(C)nc2n1. The van der Waals surface area contributed by atoms with Crippen molar-refractivity contribution in [3.63, 3.8) is 0 Å². The molecule has 0 saturated carbocycles. The molecule has 0 radical (unpaired) electrons. The molecule has 1 aromatic carbocycles. The number of benzene rings is 1. The highest BCUT2D eigenvalue weighted by Crippen LogP contribution is 2.32. The van der Waals surface area contributed by atoms with Crippen molar-refractivity contribution in [1.82, 2.24) is 19.9 Å². The summed E-state index contributed by atoms with van der Waals surface area (Å²) in [4.78, 5) is 27.3. The Morgan fingerprint density at radius 1 is 1.06 bits per heavy atom. The third-order valence-electron chi connectivity index (χ3n) is 5.22. The van der Waals surface area contributed by atoms with Crippen LogP contribution in [0.3, 0.4) is 0 Å². The molecule has 7 nitrogen and oxygen atoms in total. The zero-order chi connectivity index (χ0) is 25.0. The Morgan fingerprint density at radius 2 is 1.71 bits per heavy atom. The number of anilines is 2. The number of urea groups is 1. The quantitative estimate of drug-likeness (QED) is 0.473. The number of carbonyl (C=O) groups excluding carboxylic acids is 1. The Morgan fingerprint density at radius 3 is 2.32 bits per heavy atom. The van der Waals surface area contributed by atoms with Gasteiger partial charge in [-0.25, -0.2) is 19.2 Å². The van der Waals surface area contributed by atoms with E-state index < -0.39 is 12.0 Å². The van der Waals surface area contributed by atoms with Gasteiger partial charge in [-0.2, -0.15) is 18.2 Å². The lowest BCUT2D eigenvalue weighted by molar-refractivity contribution is -0.110. The molecule has 1 fully saturated rings. The van der Waals surface area contributed by atoms with E-state index in [1.54, 1.807) is 24.2 Å². The van der Waals surface area contributed by atoms with Gasteiger partial charge in [-0.05, 0) is 56.0 Å². The molecule has 0 bridgehead atoms. The summed E-state index contributed by atoms with van der Waals surface area (Å²) in [5.41, 5.74) is 3.96. The molecule has 2 aromatic heterocycles. The lowest BCUT2D eigenvalue weighted by Crippen LogP contribution is -2.32. The zero-order valence-corrected chi connectivity index (χ0v) is 19.3. The summed E-state index contributed by atoms with van der Waals surface area (Å²) in [5.74, 6) is 0.0502. The minimum absolute atomic E-state index is 0.170. The maximum absolute atomic E-state index is 14.6. The number of aromatic nitrogens is 3. The van der Waals surface area contributed by atoms with E-state index in [-0.39, 0.29) is 18.6 Å². The van der Waals surface area contributed by atoms with Gasteiger partial charge in [-0.15, -0.1) is 0 Å². The summed E-state index contributed by atoms with van der Waals surface area (Å²) in [6.45, 7) is 5.33. The van der Waals surface area contributed by atoms with Crippen molar-refractivity contribution in [1.29, 1.82) is 0 Å². The van der Waals surface area contributed by atoms with E-state index in [2.05, 4.69) is 25.6 Å². The lowest BCUT2D eigenvalue weighted by atomic mass is 9.97. The number of amides is 2. The molecule has 0 unspecified atom stereocenters. The maximum Gasteiger partial charge on any atom is 0.386 e. The Balaban J connectivity index is 0.000000588. The van der Waals surface area contributed by atoms with Crippen molar-refractivity contribution >= 4 is 28.7 Å². The molecule has 2 amide bonds. The fraction of sp³-hybridized carbons (Fsp3) is 0.391. The number of nitrogens with one attached hydrogen (secondary N) is 2. The Bertz CT molecular complexity index is 1190. The van der Waals surface area contributed by atoms with Gasteiger partial charge < -0.3 is 15.5 Å². The summed E-state index contributed by atoms with van der Waals surface area (Å²) in [6, 6.07) is 4.80. The summed E-state index contributed by atoms with van der Waals surface area (Å²) in [5, 5.41) is 6.41. The number of hydrogen-bond donors (Lipinski definition) is 2. The first kappa shape index (κ1) is 25.1. The van der Waals surface area contributed by atoms with Crippen molar-refractivity contribution in [2.75, 3.05) is 30.8 Å². The van der Waals surface area contributed by atoms with E-state index in [1.807, 2.05) is 19.9 Å². The van der Waals surface area contributed by atoms with Crippen LogP contribution in [-0.4, -0.2) is 52.2 Å². The molecule has 182 valence electrons. The highest BCUT2D eigenvalue weighted by molar-refractivity contribution is 5.91. The van der Waals surface area contributed by atoms with Crippen LogP contribution in [0.25, 0.3) is 22.2 Å². The molecule has 1 aliphatic rings. The smallest absolute Gasteiger partial charge is 0.357 e. The average Bonchev–Trinajstić information content (AvgIpc) is 3.29. The molecule has 0 aliphatic carbocycles. The first-order valence-electron chi connectivity index (χ1n) is 10.7. The van der Waals surface area contributed by atoms with E-state index in [0.29, 0.717) is 24.7 Å². The number of carbonyl (C=O) groups is 1. The first-order valence-corrected chi connectivity index (χ1v) is 10.7. The fourth-order valence-corrected chi connectivity index (χ4v) is 3.62. The highest BCUT2D eigenvalue weighted by Gasteiger charge is 2.20. The predicted molar refractivity (Wildman–Crippen MR) is 123 cm³/mol. The topological polar surface area (TPSA) is 83.0 Å². The second-order valence-electron chi connectivity index (χ2n) is 8.03. The van der Waals surface area contributed by atoms with Crippen LogP contribution < -0.4 is 10.6 Å². The second kappa shape index (κ2) is 10.2. The molecule has 11 heteroatoms. The van der Waals surface area contributed by atoms with Gasteiger partial charge in [0.15, 0.2) is 5.65 Å². The number of halogens is 4. The van der Waals surface area contributed by atoms with Crippen LogP contribution in [0.4, 0.5) is 34.0 Å². The lowest BCUT2D eigenvalue weighted by Gasteiger charge is -2.18. The molecule has 3 heterocycles. The summed E-state index contributed by atoms with van der Waals surface area (Å²) < 4.78 is 45.6. The maximum atomic E-state index is 14.6. The Labute approximate surface area is 194 Å². The van der Waals surface area contributed by atoms with Crippen LogP contribution in [0.2, 0.25) is 0 Å². The number of likely N-dealkylation sites (tertiary alicyclic amines) is 1. The largest absolute Gasteiger partial charge is 0.386 e. The number of nitrogens with zero attached hydrogens (tertiary/aromatic N) is 4. The molecule has 1 aliphatic heterocycles. The van der Waals surface area contributed by atoms with Crippen molar-refractivity contribution in [3.8, 4) is 11.1 Å². The number of aryl methyl sites for hydroxylation is 2. The summed E-state index contributed by atoms with van der Waals surface area (Å²) in [7, 11) is 1.75. The van der Waals surface area contributed by atoms with E-state index >= 15 is 0 Å². The zero-order valence-electron chi connectivity index (χ0n) is 19.3. The van der Waals surface area contributed by atoms with E-state index in [4.69, 9.17) is 0 Å². The molecule has 1 saturated heterocycles. The van der Waals surface area contributed by atoms with Gasteiger partial charge in [-0.3, -0.25) is 0 Å². The first-order chi connectivity index (χ1) is 16.0. The van der Waals surface area contributed by atoms with Crippen molar-refractivity contribution in [2.45, 2.75) is 39.8 Å². The molecule has 0 atom stereocenters. The van der Waals surface area contributed by atoms with E-state index in [9.17, 15) is 22.4 Å². The van der Waals surface area contributed by atoms with Gasteiger partial charge in [-0.1, -0.05) is 0 Å². The molecule has 3 aromatic rings. The van der Waals surface area contributed by atoms with Gasteiger partial charge in [0.1, 0.15) is 5.82 Å². The predicted octanol–water partition coefficient (Wildman–Crippen LogP) is 5.69. The standard InChI is InChI=1S/C21H23FN6O.C2H3F3/c1-12-8-17(22)18(26-21(29)28-6-4-5-7-28)10-15(12)16-9-14-11-24-20(23-3)27-19(14)25-13(16)2;1-2(3,4)5/h8-11H,4-7H2,1-3H3,(H,26,29)(H,23,24,25,27);1H3. The van der Waals surface area contributed by atoms with Crippen molar-refractivity contribution in [3.05, 3.63) is 41.5 Å². The molecular formula is C23H26F4N6O. The molecule has 34 heavy (non-hydrogen) atoms. The molecule has 4 rings (SSSR count). The highest BCUT2D eigenvalue weighted by atomic mass is 19.4. The third kappa shape index (κ3) is 6.30. The van der Waals surface area contributed by atoms with Crippen molar-refractivity contribution in [2.24, 2.45) is 0 Å². The number of pyridine rings is 1. The van der Waals surface area contributed by atoms with Gasteiger partial charge in [0, 0.05) is 49.9 Å². The van der Waals surface area contributed by atoms with Gasteiger partial charge in [0.25, 0.3) is 0 Å². The monoisotopic (exact) mass is 478 g/mol. The Kier molecular flexibility index (Phi) is 7.53. The number of rotatable bonds is 3. The van der Waals surface area contributed by atoms with Crippen LogP contribution in [0.5, 0.6) is 0 Å². The number of hydrogen-bond acceptors (Lipinski definition) is 5. The van der Waals surface area contributed by atoms with Crippen LogP contribution in [-0.2, 0) is 0 Å². The van der Waals surface area contributed by atoms with Gasteiger partial charge in [0.2, 0.25) is 5.95 Å². The number of fused-ring (bicyclic) bond motifs is 1. The normalized spacial score (nSPS) is 13.5. The van der Waals surface area contributed by atoms with Crippen molar-refractivity contribution < 1.29 is 22.4 Å². The van der Waals surface area contributed by atoms with Crippen LogP contribution in [0.15, 0.2) is 24.4 Å². The minimum atomic E-state index is -4.00. The Hall–Kier alpha value is -3.50. The van der Waals surface area contributed by atoms with E-state index in [1.165, 1.54) is 6.07 Å². The van der Waals surface area contributed by atoms with Gasteiger partial charge in [0.05, 0.1) is 5.69 Å². The number of alkyl halides is 3. The van der Waals surface area contributed by atoms with Gasteiger partial charge >= 0.3 is 12.2 Å². The third-order valence-corrected chi connectivity index (χ3v) is 5.22. The van der Waals surface area contributed by atoms with E-state index in [0.717, 1.165) is 40.6 Å². The average molecular weight is 478 g/mol. The van der Waals surface area contributed by atoms with Crippen LogP contribution in [0.1, 0.15) is 31.0 Å².